The van der Waals surface area contributed by atoms with Crippen molar-refractivity contribution in [1.82, 2.24) is 0 Å². The third-order valence-corrected chi connectivity index (χ3v) is 2.85. The number of nitrogens with two attached hydrogens (primary N) is 1. The average Bonchev–Trinajstić information content (AvgIpc) is 2.40. The molecule has 2 nitrogen and oxygen atoms in total. The van der Waals surface area contributed by atoms with E-state index in [1.807, 2.05) is 44.2 Å². The summed E-state index contributed by atoms with van der Waals surface area (Å²) in [4.78, 5) is 0. The number of ether oxygens (including phenoxy) is 1. The SMILES string of the molecule is CC(C)(CN)Oc1ccc(-c2ccccc2)cc1. The number of rotatable bonds is 4. The summed E-state index contributed by atoms with van der Waals surface area (Å²) in [5, 5.41) is 0. The highest BCUT2D eigenvalue weighted by Gasteiger charge is 2.16. The molecule has 2 aromatic rings. The lowest BCUT2D eigenvalue weighted by Gasteiger charge is -2.24. The molecule has 0 aliphatic rings. The van der Waals surface area contributed by atoms with Crippen LogP contribution >= 0.6 is 0 Å². The van der Waals surface area contributed by atoms with Crippen molar-refractivity contribution in [3.05, 3.63) is 54.6 Å². The van der Waals surface area contributed by atoms with Crippen molar-refractivity contribution >= 4 is 0 Å². The fraction of sp³-hybridized carbons (Fsp3) is 0.250. The normalized spacial score (nSPS) is 11.3. The van der Waals surface area contributed by atoms with Crippen molar-refractivity contribution in [3.8, 4) is 16.9 Å². The molecule has 2 heteroatoms. The van der Waals surface area contributed by atoms with Crippen molar-refractivity contribution in [2.24, 2.45) is 5.73 Å². The molecule has 0 saturated heterocycles. The fourth-order valence-corrected chi connectivity index (χ4v) is 1.71. The summed E-state index contributed by atoms with van der Waals surface area (Å²) < 4.78 is 5.82. The van der Waals surface area contributed by atoms with Crippen LogP contribution in [-0.2, 0) is 0 Å². The first-order valence-electron chi connectivity index (χ1n) is 6.15. The largest absolute Gasteiger partial charge is 0.487 e. The van der Waals surface area contributed by atoms with Crippen LogP contribution in [0.5, 0.6) is 5.75 Å². The predicted molar refractivity (Wildman–Crippen MR) is 75.6 cm³/mol. The monoisotopic (exact) mass is 241 g/mol. The van der Waals surface area contributed by atoms with Gasteiger partial charge >= 0.3 is 0 Å². The van der Waals surface area contributed by atoms with Gasteiger partial charge < -0.3 is 10.5 Å². The molecule has 2 aromatic carbocycles. The van der Waals surface area contributed by atoms with Gasteiger partial charge in [-0.25, -0.2) is 0 Å². The molecule has 18 heavy (non-hydrogen) atoms. The molecule has 0 radical (unpaired) electrons. The summed E-state index contributed by atoms with van der Waals surface area (Å²) in [7, 11) is 0. The minimum Gasteiger partial charge on any atom is -0.487 e. The van der Waals surface area contributed by atoms with Crippen LogP contribution in [-0.4, -0.2) is 12.1 Å². The van der Waals surface area contributed by atoms with E-state index in [1.54, 1.807) is 0 Å². The van der Waals surface area contributed by atoms with Crippen LogP contribution in [0.4, 0.5) is 0 Å². The maximum atomic E-state index is 5.82. The minimum atomic E-state index is -0.325. The summed E-state index contributed by atoms with van der Waals surface area (Å²) in [6, 6.07) is 18.4. The van der Waals surface area contributed by atoms with Gasteiger partial charge in [0.2, 0.25) is 0 Å². The van der Waals surface area contributed by atoms with E-state index in [9.17, 15) is 0 Å². The molecule has 0 saturated carbocycles. The Labute approximate surface area is 108 Å². The molecule has 94 valence electrons. The third kappa shape index (κ3) is 3.11. The molecule has 0 fully saturated rings. The molecular weight excluding hydrogens is 222 g/mol. The third-order valence-electron chi connectivity index (χ3n) is 2.85. The predicted octanol–water partition coefficient (Wildman–Crippen LogP) is 3.47. The topological polar surface area (TPSA) is 35.2 Å². The van der Waals surface area contributed by atoms with Gasteiger partial charge in [-0.15, -0.1) is 0 Å². The maximum absolute atomic E-state index is 5.82. The standard InChI is InChI=1S/C16H19NO/c1-16(2,12-17)18-15-10-8-14(9-11-15)13-6-4-3-5-7-13/h3-11H,12,17H2,1-2H3. The van der Waals surface area contributed by atoms with E-state index in [2.05, 4.69) is 24.3 Å². The smallest absolute Gasteiger partial charge is 0.120 e. The zero-order valence-electron chi connectivity index (χ0n) is 10.9. The van der Waals surface area contributed by atoms with E-state index in [0.29, 0.717) is 6.54 Å². The molecule has 0 amide bonds. The number of hydrogen-bond acceptors (Lipinski definition) is 2. The summed E-state index contributed by atoms with van der Waals surface area (Å²) >= 11 is 0. The summed E-state index contributed by atoms with van der Waals surface area (Å²) in [6.45, 7) is 4.46. The fourth-order valence-electron chi connectivity index (χ4n) is 1.71. The van der Waals surface area contributed by atoms with Gasteiger partial charge in [0.25, 0.3) is 0 Å². The highest BCUT2D eigenvalue weighted by molar-refractivity contribution is 5.63. The number of benzene rings is 2. The molecule has 0 atom stereocenters. The van der Waals surface area contributed by atoms with Crippen molar-refractivity contribution in [3.63, 3.8) is 0 Å². The first-order chi connectivity index (χ1) is 8.61. The van der Waals surface area contributed by atoms with E-state index in [4.69, 9.17) is 10.5 Å². The van der Waals surface area contributed by atoms with Crippen molar-refractivity contribution in [1.29, 1.82) is 0 Å². The highest BCUT2D eigenvalue weighted by atomic mass is 16.5. The molecule has 0 aliphatic carbocycles. The molecular formula is C16H19NO. The van der Waals surface area contributed by atoms with Crippen molar-refractivity contribution in [2.75, 3.05) is 6.54 Å². The van der Waals surface area contributed by atoms with Crippen LogP contribution in [0.15, 0.2) is 54.6 Å². The average molecular weight is 241 g/mol. The second-order valence-electron chi connectivity index (χ2n) is 4.96. The molecule has 2 rings (SSSR count). The lowest BCUT2D eigenvalue weighted by atomic mass is 10.1. The van der Waals surface area contributed by atoms with Crippen LogP contribution < -0.4 is 10.5 Å². The van der Waals surface area contributed by atoms with Crippen molar-refractivity contribution in [2.45, 2.75) is 19.4 Å². The van der Waals surface area contributed by atoms with Crippen LogP contribution in [0.25, 0.3) is 11.1 Å². The first kappa shape index (κ1) is 12.7. The Morgan fingerprint density at radius 1 is 0.889 bits per heavy atom. The van der Waals surface area contributed by atoms with E-state index in [-0.39, 0.29) is 5.60 Å². The van der Waals surface area contributed by atoms with Crippen molar-refractivity contribution < 1.29 is 4.74 Å². The molecule has 0 spiro atoms. The molecule has 0 unspecified atom stereocenters. The van der Waals surface area contributed by atoms with E-state index < -0.39 is 0 Å². The second-order valence-corrected chi connectivity index (χ2v) is 4.96. The van der Waals surface area contributed by atoms with Gasteiger partial charge in [0, 0.05) is 6.54 Å². The van der Waals surface area contributed by atoms with E-state index in [1.165, 1.54) is 11.1 Å². The molecule has 2 N–H and O–H groups in total. The lowest BCUT2D eigenvalue weighted by molar-refractivity contribution is 0.119. The Hall–Kier alpha value is -1.80. The van der Waals surface area contributed by atoms with Gasteiger partial charge in [-0.1, -0.05) is 42.5 Å². The van der Waals surface area contributed by atoms with Gasteiger partial charge in [0.05, 0.1) is 0 Å². The van der Waals surface area contributed by atoms with Gasteiger partial charge in [-0.3, -0.25) is 0 Å². The number of hydrogen-bond donors (Lipinski definition) is 1. The van der Waals surface area contributed by atoms with E-state index in [0.717, 1.165) is 5.75 Å². The van der Waals surface area contributed by atoms with Gasteiger partial charge in [0.1, 0.15) is 11.4 Å². The highest BCUT2D eigenvalue weighted by Crippen LogP contribution is 2.24. The van der Waals surface area contributed by atoms with Gasteiger partial charge in [-0.05, 0) is 37.1 Å². The lowest BCUT2D eigenvalue weighted by Crippen LogP contribution is -2.37. The van der Waals surface area contributed by atoms with E-state index >= 15 is 0 Å². The second kappa shape index (κ2) is 5.23. The van der Waals surface area contributed by atoms with Crippen LogP contribution in [0.1, 0.15) is 13.8 Å². The molecule has 0 bridgehead atoms. The minimum absolute atomic E-state index is 0.325. The molecule has 0 aromatic heterocycles. The van der Waals surface area contributed by atoms with Crippen LogP contribution in [0.3, 0.4) is 0 Å². The Morgan fingerprint density at radius 2 is 1.44 bits per heavy atom. The zero-order valence-corrected chi connectivity index (χ0v) is 10.9. The Kier molecular flexibility index (Phi) is 3.68. The van der Waals surface area contributed by atoms with Gasteiger partial charge in [-0.2, -0.15) is 0 Å². The quantitative estimate of drug-likeness (QED) is 0.889. The zero-order chi connectivity index (χ0) is 13.0. The maximum Gasteiger partial charge on any atom is 0.120 e. The van der Waals surface area contributed by atoms with Gasteiger partial charge in [0.15, 0.2) is 0 Å². The summed E-state index contributed by atoms with van der Waals surface area (Å²) in [5.41, 5.74) is 7.72. The molecule has 0 aliphatic heterocycles. The first-order valence-corrected chi connectivity index (χ1v) is 6.15. The summed E-state index contributed by atoms with van der Waals surface area (Å²) in [5.74, 6) is 0.852. The Bertz CT molecular complexity index is 488. The Morgan fingerprint density at radius 3 is 2.00 bits per heavy atom. The Balaban J connectivity index is 2.16. The summed E-state index contributed by atoms with van der Waals surface area (Å²) in [6.07, 6.45) is 0. The van der Waals surface area contributed by atoms with Crippen LogP contribution in [0, 0.1) is 0 Å². The molecule has 0 heterocycles. The van der Waals surface area contributed by atoms with Crippen LogP contribution in [0.2, 0.25) is 0 Å².